The third kappa shape index (κ3) is 1.93. The van der Waals surface area contributed by atoms with Crippen LogP contribution in [-0.2, 0) is 0 Å². The van der Waals surface area contributed by atoms with E-state index in [0.29, 0.717) is 0 Å². The Balaban J connectivity index is 2.43. The molecule has 2 rings (SSSR count). The Labute approximate surface area is 101 Å². The summed E-state index contributed by atoms with van der Waals surface area (Å²) in [6.45, 7) is 5.86. The van der Waals surface area contributed by atoms with Gasteiger partial charge in [0.2, 0.25) is 0 Å². The molecule has 16 heavy (non-hydrogen) atoms. The number of benzene rings is 1. The fourth-order valence-electron chi connectivity index (χ4n) is 1.79. The molecule has 1 aromatic rings. The van der Waals surface area contributed by atoms with Gasteiger partial charge in [-0.05, 0) is 25.1 Å². The lowest BCUT2D eigenvalue weighted by Gasteiger charge is -2.29. The van der Waals surface area contributed by atoms with E-state index in [-0.39, 0.29) is 0 Å². The second-order valence-electron chi connectivity index (χ2n) is 3.67. The average Bonchev–Trinajstić information content (AvgIpc) is 2.29. The molecule has 1 aliphatic rings. The summed E-state index contributed by atoms with van der Waals surface area (Å²) >= 11 is 1.83. The molecule has 1 heterocycles. The van der Waals surface area contributed by atoms with E-state index >= 15 is 0 Å². The summed E-state index contributed by atoms with van der Waals surface area (Å²) in [6, 6.07) is 8.47. The number of hydrogen-bond acceptors (Lipinski definition) is 2. The molecule has 0 atom stereocenters. The van der Waals surface area contributed by atoms with Crippen molar-refractivity contribution < 1.29 is 0 Å². The lowest BCUT2D eigenvalue weighted by Crippen LogP contribution is -2.19. The highest BCUT2D eigenvalue weighted by Crippen LogP contribution is 2.42. The normalized spacial score (nSPS) is 15.5. The zero-order valence-corrected chi connectivity index (χ0v) is 10.4. The Hall–Kier alpha value is -1.41. The van der Waals surface area contributed by atoms with E-state index < -0.39 is 0 Å². The Kier molecular flexibility index (Phi) is 3.20. The Morgan fingerprint density at radius 1 is 1.31 bits per heavy atom. The van der Waals surface area contributed by atoms with Gasteiger partial charge in [0.05, 0.1) is 11.4 Å². The van der Waals surface area contributed by atoms with Gasteiger partial charge in [-0.3, -0.25) is 0 Å². The van der Waals surface area contributed by atoms with Crippen LogP contribution in [0.3, 0.4) is 0 Å². The number of allylic oxidation sites excluding steroid dienone is 4. The van der Waals surface area contributed by atoms with Crippen molar-refractivity contribution in [2.75, 3.05) is 11.9 Å². The third-order valence-corrected chi connectivity index (χ3v) is 3.68. The minimum Gasteiger partial charge on any atom is -0.343 e. The molecule has 0 amide bonds. The smallest absolute Gasteiger partial charge is 0.0550 e. The van der Waals surface area contributed by atoms with Crippen LogP contribution in [0.4, 0.5) is 5.69 Å². The lowest BCUT2D eigenvalue weighted by atomic mass is 10.2. The van der Waals surface area contributed by atoms with Gasteiger partial charge in [-0.15, -0.1) is 0 Å². The summed E-state index contributed by atoms with van der Waals surface area (Å²) in [6.07, 6.45) is 5.88. The van der Waals surface area contributed by atoms with Crippen LogP contribution in [0.5, 0.6) is 0 Å². The highest BCUT2D eigenvalue weighted by Gasteiger charge is 2.18. The Bertz CT molecular complexity index is 471. The van der Waals surface area contributed by atoms with Crippen molar-refractivity contribution in [1.82, 2.24) is 0 Å². The van der Waals surface area contributed by atoms with Crippen LogP contribution in [-0.4, -0.2) is 7.05 Å². The zero-order chi connectivity index (χ0) is 11.5. The Morgan fingerprint density at radius 2 is 2.06 bits per heavy atom. The SMILES string of the molecule is C=C/C=C\C1=C(C)Sc2ccccc2N1C. The molecule has 2 heteroatoms. The first-order valence-electron chi connectivity index (χ1n) is 5.24. The monoisotopic (exact) mass is 229 g/mol. The van der Waals surface area contributed by atoms with Gasteiger partial charge in [-0.2, -0.15) is 0 Å². The molecule has 0 saturated carbocycles. The lowest BCUT2D eigenvalue weighted by molar-refractivity contribution is 1.08. The van der Waals surface area contributed by atoms with Gasteiger partial charge in [0, 0.05) is 16.8 Å². The molecule has 1 aliphatic heterocycles. The van der Waals surface area contributed by atoms with Gasteiger partial charge < -0.3 is 4.90 Å². The predicted octanol–water partition coefficient (Wildman–Crippen LogP) is 4.20. The highest BCUT2D eigenvalue weighted by molar-refractivity contribution is 8.03. The Morgan fingerprint density at radius 3 is 2.81 bits per heavy atom. The highest BCUT2D eigenvalue weighted by atomic mass is 32.2. The molecule has 0 radical (unpaired) electrons. The van der Waals surface area contributed by atoms with Gasteiger partial charge in [0.15, 0.2) is 0 Å². The van der Waals surface area contributed by atoms with Crippen LogP contribution in [0.25, 0.3) is 0 Å². The maximum Gasteiger partial charge on any atom is 0.0550 e. The van der Waals surface area contributed by atoms with Crippen molar-refractivity contribution in [3.8, 4) is 0 Å². The number of fused-ring (bicyclic) bond motifs is 1. The van der Waals surface area contributed by atoms with Gasteiger partial charge in [0.1, 0.15) is 0 Å². The first kappa shape index (κ1) is 11.1. The molecule has 0 unspecified atom stereocenters. The third-order valence-electron chi connectivity index (χ3n) is 2.60. The van der Waals surface area contributed by atoms with E-state index in [1.54, 1.807) is 6.08 Å². The zero-order valence-electron chi connectivity index (χ0n) is 9.60. The number of para-hydroxylation sites is 1. The summed E-state index contributed by atoms with van der Waals surface area (Å²) < 4.78 is 0. The molecular weight excluding hydrogens is 214 g/mol. The van der Waals surface area contributed by atoms with Crippen LogP contribution in [0.1, 0.15) is 6.92 Å². The van der Waals surface area contributed by atoms with Crippen LogP contribution >= 0.6 is 11.8 Å². The second kappa shape index (κ2) is 4.62. The van der Waals surface area contributed by atoms with Crippen molar-refractivity contribution >= 4 is 17.4 Å². The number of likely N-dealkylation sites (N-methyl/N-ethyl adjacent to an activating group) is 1. The van der Waals surface area contributed by atoms with Crippen LogP contribution in [0.15, 0.2) is 64.6 Å². The number of anilines is 1. The van der Waals surface area contributed by atoms with Crippen LogP contribution < -0.4 is 4.90 Å². The molecule has 0 aliphatic carbocycles. The number of hydrogen-bond donors (Lipinski definition) is 0. The van der Waals surface area contributed by atoms with Crippen molar-refractivity contribution in [2.45, 2.75) is 11.8 Å². The average molecular weight is 229 g/mol. The number of thioether (sulfide) groups is 1. The summed E-state index contributed by atoms with van der Waals surface area (Å²) in [7, 11) is 2.10. The quantitative estimate of drug-likeness (QED) is 0.699. The maximum absolute atomic E-state index is 3.70. The fraction of sp³-hybridized carbons (Fsp3) is 0.143. The van der Waals surface area contributed by atoms with E-state index in [0.717, 1.165) is 0 Å². The first-order valence-corrected chi connectivity index (χ1v) is 6.06. The summed E-state index contributed by atoms with van der Waals surface area (Å²) in [5.74, 6) is 0. The van der Waals surface area contributed by atoms with Crippen LogP contribution in [0.2, 0.25) is 0 Å². The molecular formula is C14H15NS. The minimum absolute atomic E-state index is 1.24. The fourth-order valence-corrected chi connectivity index (χ4v) is 2.89. The maximum atomic E-state index is 3.70. The molecule has 0 N–H and O–H groups in total. The summed E-state index contributed by atoms with van der Waals surface area (Å²) in [5, 5.41) is 0. The molecule has 1 aromatic carbocycles. The van der Waals surface area contributed by atoms with Crippen LogP contribution in [0, 0.1) is 0 Å². The number of nitrogens with zero attached hydrogens (tertiary/aromatic N) is 1. The first-order chi connectivity index (χ1) is 7.74. The minimum atomic E-state index is 1.24. The largest absolute Gasteiger partial charge is 0.343 e. The predicted molar refractivity (Wildman–Crippen MR) is 72.7 cm³/mol. The van der Waals surface area contributed by atoms with Gasteiger partial charge in [-0.1, -0.05) is 42.6 Å². The molecule has 82 valence electrons. The van der Waals surface area contributed by atoms with Crippen molar-refractivity contribution in [3.63, 3.8) is 0 Å². The van der Waals surface area contributed by atoms with E-state index in [1.165, 1.54) is 21.2 Å². The van der Waals surface area contributed by atoms with E-state index in [2.05, 4.69) is 55.8 Å². The summed E-state index contributed by atoms with van der Waals surface area (Å²) in [5.41, 5.74) is 2.51. The molecule has 1 nitrogen and oxygen atoms in total. The number of rotatable bonds is 2. The molecule has 0 saturated heterocycles. The van der Waals surface area contributed by atoms with Gasteiger partial charge in [0.25, 0.3) is 0 Å². The molecule has 0 aromatic heterocycles. The molecule has 0 spiro atoms. The topological polar surface area (TPSA) is 3.24 Å². The van der Waals surface area contributed by atoms with Crippen molar-refractivity contribution in [2.24, 2.45) is 0 Å². The van der Waals surface area contributed by atoms with Crippen molar-refractivity contribution in [1.29, 1.82) is 0 Å². The summed E-state index contributed by atoms with van der Waals surface area (Å²) in [4.78, 5) is 4.86. The molecule has 0 fully saturated rings. The molecule has 0 bridgehead atoms. The second-order valence-corrected chi connectivity index (χ2v) is 4.92. The van der Waals surface area contributed by atoms with Crippen molar-refractivity contribution in [3.05, 3.63) is 59.7 Å². The van der Waals surface area contributed by atoms with E-state index in [1.807, 2.05) is 17.8 Å². The van der Waals surface area contributed by atoms with Gasteiger partial charge in [-0.25, -0.2) is 0 Å². The van der Waals surface area contributed by atoms with E-state index in [4.69, 9.17) is 0 Å². The standard InChI is InChI=1S/C14H15NS/c1-4-5-8-12-11(2)16-14-10-7-6-9-13(14)15(12)3/h4-10H,1H2,2-3H3/b8-5-. The van der Waals surface area contributed by atoms with E-state index in [9.17, 15) is 0 Å². The van der Waals surface area contributed by atoms with Gasteiger partial charge >= 0.3 is 0 Å².